The van der Waals surface area contributed by atoms with Crippen LogP contribution in [0.5, 0.6) is 0 Å². The van der Waals surface area contributed by atoms with Gasteiger partial charge in [0.05, 0.1) is 0 Å². The lowest BCUT2D eigenvalue weighted by atomic mass is 9.91. The SMILES string of the molecule is CC1CCCC(NC(C)C2CCCN(C)C2)CC1. The Morgan fingerprint density at radius 3 is 2.67 bits per heavy atom. The quantitative estimate of drug-likeness (QED) is 0.776. The molecule has 0 bridgehead atoms. The summed E-state index contributed by atoms with van der Waals surface area (Å²) >= 11 is 0. The Morgan fingerprint density at radius 1 is 1.06 bits per heavy atom. The molecule has 1 aliphatic heterocycles. The Morgan fingerprint density at radius 2 is 1.89 bits per heavy atom. The molecule has 4 atom stereocenters. The second-order valence-electron chi connectivity index (χ2n) is 6.93. The van der Waals surface area contributed by atoms with Gasteiger partial charge in [0.2, 0.25) is 0 Å². The lowest BCUT2D eigenvalue weighted by Crippen LogP contribution is -2.46. The van der Waals surface area contributed by atoms with Gasteiger partial charge < -0.3 is 10.2 Å². The van der Waals surface area contributed by atoms with Crippen LogP contribution in [-0.2, 0) is 0 Å². The lowest BCUT2D eigenvalue weighted by molar-refractivity contribution is 0.171. The minimum atomic E-state index is 0.700. The van der Waals surface area contributed by atoms with E-state index in [2.05, 4.69) is 31.1 Å². The Kier molecular flexibility index (Phi) is 5.50. The summed E-state index contributed by atoms with van der Waals surface area (Å²) in [4.78, 5) is 2.50. The summed E-state index contributed by atoms with van der Waals surface area (Å²) in [5, 5.41) is 3.94. The third kappa shape index (κ3) is 4.24. The second-order valence-corrected chi connectivity index (χ2v) is 6.93. The molecule has 0 aromatic heterocycles. The van der Waals surface area contributed by atoms with Crippen LogP contribution in [-0.4, -0.2) is 37.1 Å². The van der Waals surface area contributed by atoms with Crippen molar-refractivity contribution in [2.24, 2.45) is 11.8 Å². The Labute approximate surface area is 114 Å². The molecule has 0 aromatic carbocycles. The van der Waals surface area contributed by atoms with Crippen molar-refractivity contribution in [3.8, 4) is 0 Å². The highest BCUT2D eigenvalue weighted by atomic mass is 15.1. The van der Waals surface area contributed by atoms with Gasteiger partial charge in [-0.3, -0.25) is 0 Å². The van der Waals surface area contributed by atoms with E-state index in [4.69, 9.17) is 0 Å². The summed E-state index contributed by atoms with van der Waals surface area (Å²) < 4.78 is 0. The van der Waals surface area contributed by atoms with Crippen molar-refractivity contribution in [3.63, 3.8) is 0 Å². The fourth-order valence-electron chi connectivity index (χ4n) is 3.78. The summed E-state index contributed by atoms with van der Waals surface area (Å²) in [5.41, 5.74) is 0. The van der Waals surface area contributed by atoms with E-state index in [-0.39, 0.29) is 0 Å². The molecule has 0 amide bonds. The number of likely N-dealkylation sites (tertiary alicyclic amines) is 1. The van der Waals surface area contributed by atoms with Crippen molar-refractivity contribution >= 4 is 0 Å². The fourth-order valence-corrected chi connectivity index (χ4v) is 3.78. The molecule has 2 rings (SSSR count). The van der Waals surface area contributed by atoms with Crippen molar-refractivity contribution in [1.29, 1.82) is 0 Å². The zero-order valence-electron chi connectivity index (χ0n) is 12.6. The van der Waals surface area contributed by atoms with Crippen molar-refractivity contribution in [1.82, 2.24) is 10.2 Å². The van der Waals surface area contributed by atoms with E-state index >= 15 is 0 Å². The maximum absolute atomic E-state index is 3.94. The van der Waals surface area contributed by atoms with Crippen molar-refractivity contribution < 1.29 is 0 Å². The summed E-state index contributed by atoms with van der Waals surface area (Å²) in [6.07, 6.45) is 9.89. The van der Waals surface area contributed by atoms with Gasteiger partial charge in [0.15, 0.2) is 0 Å². The third-order valence-electron chi connectivity index (χ3n) is 5.12. The van der Waals surface area contributed by atoms with Crippen molar-refractivity contribution in [2.45, 2.75) is 70.9 Å². The number of nitrogens with zero attached hydrogens (tertiary/aromatic N) is 1. The van der Waals surface area contributed by atoms with E-state index in [0.29, 0.717) is 6.04 Å². The number of nitrogens with one attached hydrogen (secondary N) is 1. The topological polar surface area (TPSA) is 15.3 Å². The van der Waals surface area contributed by atoms with Crippen molar-refractivity contribution in [2.75, 3.05) is 20.1 Å². The first-order valence-corrected chi connectivity index (χ1v) is 8.09. The standard InChI is InChI=1S/C16H32N2/c1-13-6-4-8-16(10-9-13)17-14(2)15-7-5-11-18(3)12-15/h13-17H,4-12H2,1-3H3. The van der Waals surface area contributed by atoms with E-state index in [1.807, 2.05) is 0 Å². The van der Waals surface area contributed by atoms with E-state index in [1.54, 1.807) is 0 Å². The van der Waals surface area contributed by atoms with E-state index < -0.39 is 0 Å². The highest BCUT2D eigenvalue weighted by molar-refractivity contribution is 4.83. The maximum atomic E-state index is 3.94. The van der Waals surface area contributed by atoms with Crippen LogP contribution >= 0.6 is 0 Å². The largest absolute Gasteiger partial charge is 0.311 e. The van der Waals surface area contributed by atoms with Gasteiger partial charge in [-0.15, -0.1) is 0 Å². The molecule has 0 radical (unpaired) electrons. The van der Waals surface area contributed by atoms with Crippen LogP contribution in [0.4, 0.5) is 0 Å². The van der Waals surface area contributed by atoms with Crippen LogP contribution in [0, 0.1) is 11.8 Å². The molecule has 0 aromatic rings. The number of hydrogen-bond acceptors (Lipinski definition) is 2. The summed E-state index contributed by atoms with van der Waals surface area (Å²) in [6, 6.07) is 1.49. The summed E-state index contributed by atoms with van der Waals surface area (Å²) in [7, 11) is 2.27. The molecule has 2 aliphatic rings. The van der Waals surface area contributed by atoms with Crippen LogP contribution in [0.1, 0.15) is 58.8 Å². The summed E-state index contributed by atoms with van der Waals surface area (Å²) in [5.74, 6) is 1.82. The molecule has 2 heteroatoms. The van der Waals surface area contributed by atoms with Crippen LogP contribution in [0.15, 0.2) is 0 Å². The molecular formula is C16H32N2. The van der Waals surface area contributed by atoms with E-state index in [1.165, 1.54) is 58.0 Å². The van der Waals surface area contributed by atoms with Crippen LogP contribution in [0.25, 0.3) is 0 Å². The van der Waals surface area contributed by atoms with Crippen molar-refractivity contribution in [3.05, 3.63) is 0 Å². The molecule has 18 heavy (non-hydrogen) atoms. The number of hydrogen-bond donors (Lipinski definition) is 1. The smallest absolute Gasteiger partial charge is 0.00818 e. The predicted octanol–water partition coefficient (Wildman–Crippen LogP) is 3.28. The van der Waals surface area contributed by atoms with Crippen LogP contribution in [0.3, 0.4) is 0 Å². The maximum Gasteiger partial charge on any atom is 0.00818 e. The molecular weight excluding hydrogens is 220 g/mol. The third-order valence-corrected chi connectivity index (χ3v) is 5.12. The Hall–Kier alpha value is -0.0800. The van der Waals surface area contributed by atoms with Gasteiger partial charge in [-0.2, -0.15) is 0 Å². The molecule has 4 unspecified atom stereocenters. The molecule has 1 N–H and O–H groups in total. The average molecular weight is 252 g/mol. The zero-order chi connectivity index (χ0) is 13.0. The number of rotatable bonds is 3. The van der Waals surface area contributed by atoms with Gasteiger partial charge in [0, 0.05) is 18.6 Å². The van der Waals surface area contributed by atoms with Gasteiger partial charge in [-0.05, 0) is 64.5 Å². The van der Waals surface area contributed by atoms with Crippen LogP contribution in [0.2, 0.25) is 0 Å². The van der Waals surface area contributed by atoms with Gasteiger partial charge in [-0.25, -0.2) is 0 Å². The minimum absolute atomic E-state index is 0.700. The first kappa shape index (κ1) is 14.3. The highest BCUT2D eigenvalue weighted by Crippen LogP contribution is 2.25. The first-order chi connectivity index (χ1) is 8.65. The fraction of sp³-hybridized carbons (Fsp3) is 1.00. The highest BCUT2D eigenvalue weighted by Gasteiger charge is 2.25. The van der Waals surface area contributed by atoms with Gasteiger partial charge in [-0.1, -0.05) is 19.8 Å². The Balaban J connectivity index is 1.77. The molecule has 1 saturated carbocycles. The zero-order valence-corrected chi connectivity index (χ0v) is 12.6. The molecule has 0 spiro atoms. The molecule has 2 fully saturated rings. The van der Waals surface area contributed by atoms with E-state index in [9.17, 15) is 0 Å². The monoisotopic (exact) mass is 252 g/mol. The normalized spacial score (nSPS) is 37.2. The molecule has 1 saturated heterocycles. The van der Waals surface area contributed by atoms with E-state index in [0.717, 1.165) is 17.9 Å². The van der Waals surface area contributed by atoms with Gasteiger partial charge in [0.1, 0.15) is 0 Å². The summed E-state index contributed by atoms with van der Waals surface area (Å²) in [6.45, 7) is 7.42. The molecule has 106 valence electrons. The second kappa shape index (κ2) is 6.91. The Bertz CT molecular complexity index is 241. The van der Waals surface area contributed by atoms with Gasteiger partial charge >= 0.3 is 0 Å². The predicted molar refractivity (Wildman–Crippen MR) is 78.9 cm³/mol. The lowest BCUT2D eigenvalue weighted by Gasteiger charge is -2.35. The number of piperidine rings is 1. The van der Waals surface area contributed by atoms with Crippen LogP contribution < -0.4 is 5.32 Å². The molecule has 1 heterocycles. The minimum Gasteiger partial charge on any atom is -0.311 e. The molecule has 2 nitrogen and oxygen atoms in total. The molecule has 1 aliphatic carbocycles. The average Bonchev–Trinajstić information content (AvgIpc) is 2.54. The van der Waals surface area contributed by atoms with Gasteiger partial charge in [0.25, 0.3) is 0 Å². The first-order valence-electron chi connectivity index (χ1n) is 8.09.